The molecule has 1 N–H and O–H groups in total. The van der Waals surface area contributed by atoms with E-state index in [2.05, 4.69) is 11.4 Å². The van der Waals surface area contributed by atoms with E-state index in [0.29, 0.717) is 19.6 Å². The number of benzene rings is 1. The summed E-state index contributed by atoms with van der Waals surface area (Å²) in [4.78, 5) is 29.2. The number of rotatable bonds is 4. The van der Waals surface area contributed by atoms with Crippen molar-refractivity contribution in [2.75, 3.05) is 37.7 Å². The molecule has 2 fully saturated rings. The summed E-state index contributed by atoms with van der Waals surface area (Å²) in [5.74, 6) is 0.0531. The van der Waals surface area contributed by atoms with Crippen molar-refractivity contribution < 1.29 is 14.3 Å². The number of carbonyl (C=O) groups excluding carboxylic acids is 2. The lowest BCUT2D eigenvalue weighted by molar-refractivity contribution is -0.139. The van der Waals surface area contributed by atoms with Gasteiger partial charge in [0.05, 0.1) is 18.6 Å². The second kappa shape index (κ2) is 7.14. The van der Waals surface area contributed by atoms with Crippen molar-refractivity contribution in [1.29, 1.82) is 0 Å². The van der Waals surface area contributed by atoms with Gasteiger partial charge in [-0.05, 0) is 30.9 Å². The number of ether oxygens (including phenoxy) is 1. The highest BCUT2D eigenvalue weighted by Crippen LogP contribution is 2.28. The molecule has 25 heavy (non-hydrogen) atoms. The van der Waals surface area contributed by atoms with Crippen LogP contribution in [0.15, 0.2) is 24.3 Å². The summed E-state index contributed by atoms with van der Waals surface area (Å²) in [5, 5.41) is 3.22. The fraction of sp³-hybridized carbons (Fsp3) is 0.579. The Morgan fingerprint density at radius 2 is 2.16 bits per heavy atom. The van der Waals surface area contributed by atoms with Crippen molar-refractivity contribution >= 4 is 17.5 Å². The van der Waals surface area contributed by atoms with Crippen LogP contribution in [0.4, 0.5) is 5.69 Å². The molecule has 2 unspecified atom stereocenters. The summed E-state index contributed by atoms with van der Waals surface area (Å²) in [7, 11) is 0. The lowest BCUT2D eigenvalue weighted by Crippen LogP contribution is -2.57. The highest BCUT2D eigenvalue weighted by molar-refractivity contribution is 5.98. The predicted molar refractivity (Wildman–Crippen MR) is 94.5 cm³/mol. The highest BCUT2D eigenvalue weighted by Gasteiger charge is 2.34. The van der Waals surface area contributed by atoms with Gasteiger partial charge in [0.25, 0.3) is 0 Å². The van der Waals surface area contributed by atoms with E-state index in [1.54, 1.807) is 0 Å². The van der Waals surface area contributed by atoms with E-state index in [-0.39, 0.29) is 24.3 Å². The number of nitrogens with one attached hydrogen (secondary N) is 1. The summed E-state index contributed by atoms with van der Waals surface area (Å²) in [6.45, 7) is 3.57. The molecule has 6 nitrogen and oxygen atoms in total. The molecule has 3 aliphatic heterocycles. The predicted octanol–water partition coefficient (Wildman–Crippen LogP) is 0.945. The third kappa shape index (κ3) is 3.41. The molecule has 3 aliphatic rings. The van der Waals surface area contributed by atoms with Gasteiger partial charge in [0.2, 0.25) is 11.8 Å². The van der Waals surface area contributed by atoms with E-state index >= 15 is 0 Å². The fourth-order valence-corrected chi connectivity index (χ4v) is 4.05. The summed E-state index contributed by atoms with van der Waals surface area (Å²) in [6.07, 6.45) is 3.35. The number of hydrogen-bond donors (Lipinski definition) is 1. The Morgan fingerprint density at radius 1 is 1.28 bits per heavy atom. The molecule has 2 atom stereocenters. The molecule has 1 aromatic carbocycles. The molecule has 0 aromatic heterocycles. The minimum Gasteiger partial charge on any atom is -0.376 e. The van der Waals surface area contributed by atoms with Gasteiger partial charge in [-0.1, -0.05) is 18.2 Å². The molecule has 0 aliphatic carbocycles. The highest BCUT2D eigenvalue weighted by atomic mass is 16.5. The van der Waals surface area contributed by atoms with Gasteiger partial charge >= 0.3 is 0 Å². The first-order valence-electron chi connectivity index (χ1n) is 9.24. The molecule has 0 radical (unpaired) electrons. The van der Waals surface area contributed by atoms with Gasteiger partial charge in [-0.25, -0.2) is 0 Å². The third-order valence-corrected chi connectivity index (χ3v) is 5.40. The number of para-hydroxylation sites is 1. The molecule has 0 bridgehead atoms. The third-order valence-electron chi connectivity index (χ3n) is 5.40. The summed E-state index contributed by atoms with van der Waals surface area (Å²) in [5.41, 5.74) is 2.20. The van der Waals surface area contributed by atoms with Crippen molar-refractivity contribution in [2.24, 2.45) is 0 Å². The fourth-order valence-electron chi connectivity index (χ4n) is 4.05. The van der Waals surface area contributed by atoms with Crippen molar-refractivity contribution in [3.05, 3.63) is 29.8 Å². The standard InChI is InChI=1S/C19H25N3O3/c23-18(22-9-7-14-4-1-2-6-17(14)22)12-16-19(24)21(10-8-20-16)13-15-5-3-11-25-15/h1-2,4,6,15-16,20H,3,5,7-13H2. The molecular formula is C19H25N3O3. The van der Waals surface area contributed by atoms with E-state index in [4.69, 9.17) is 4.74 Å². The minimum absolute atomic E-state index is 0.0229. The van der Waals surface area contributed by atoms with Crippen LogP contribution < -0.4 is 10.2 Å². The smallest absolute Gasteiger partial charge is 0.240 e. The quantitative estimate of drug-likeness (QED) is 0.884. The Morgan fingerprint density at radius 3 is 3.00 bits per heavy atom. The van der Waals surface area contributed by atoms with Crippen molar-refractivity contribution in [3.63, 3.8) is 0 Å². The van der Waals surface area contributed by atoms with Crippen LogP contribution in [0.25, 0.3) is 0 Å². The largest absolute Gasteiger partial charge is 0.376 e. The molecule has 3 heterocycles. The SMILES string of the molecule is O=C1C(CC(=O)N2CCc3ccccc32)NCCN1CC1CCCO1. The number of piperazine rings is 1. The number of nitrogens with zero attached hydrogens (tertiary/aromatic N) is 2. The molecule has 6 heteroatoms. The van der Waals surface area contributed by atoms with Gasteiger partial charge in [-0.3, -0.25) is 9.59 Å². The first kappa shape index (κ1) is 16.5. The van der Waals surface area contributed by atoms with Crippen LogP contribution in [0, 0.1) is 0 Å². The van der Waals surface area contributed by atoms with Crippen LogP contribution in [-0.4, -0.2) is 61.6 Å². The second-order valence-corrected chi connectivity index (χ2v) is 7.05. The maximum absolute atomic E-state index is 12.8. The lowest BCUT2D eigenvalue weighted by Gasteiger charge is -2.34. The zero-order valence-corrected chi connectivity index (χ0v) is 14.4. The normalized spacial score (nSPS) is 26.2. The molecule has 134 valence electrons. The Balaban J connectivity index is 1.38. The van der Waals surface area contributed by atoms with Crippen LogP contribution in [0.2, 0.25) is 0 Å². The Hall–Kier alpha value is -1.92. The first-order chi connectivity index (χ1) is 12.2. The van der Waals surface area contributed by atoms with Gasteiger partial charge < -0.3 is 19.9 Å². The van der Waals surface area contributed by atoms with Crippen molar-refractivity contribution in [2.45, 2.75) is 37.8 Å². The van der Waals surface area contributed by atoms with E-state index < -0.39 is 6.04 Å². The number of carbonyl (C=O) groups is 2. The molecule has 2 saturated heterocycles. The van der Waals surface area contributed by atoms with E-state index in [1.807, 2.05) is 28.0 Å². The second-order valence-electron chi connectivity index (χ2n) is 7.05. The zero-order chi connectivity index (χ0) is 17.2. The van der Waals surface area contributed by atoms with Crippen LogP contribution in [0.1, 0.15) is 24.8 Å². The average molecular weight is 343 g/mol. The molecule has 4 rings (SSSR count). The van der Waals surface area contributed by atoms with Crippen LogP contribution in [0.5, 0.6) is 0 Å². The van der Waals surface area contributed by atoms with Gasteiger partial charge in [-0.15, -0.1) is 0 Å². The number of hydrogen-bond acceptors (Lipinski definition) is 4. The van der Waals surface area contributed by atoms with Crippen LogP contribution >= 0.6 is 0 Å². The lowest BCUT2D eigenvalue weighted by atomic mass is 10.1. The average Bonchev–Trinajstić information content (AvgIpc) is 3.28. The van der Waals surface area contributed by atoms with Gasteiger partial charge in [0.1, 0.15) is 0 Å². The summed E-state index contributed by atoms with van der Waals surface area (Å²) >= 11 is 0. The summed E-state index contributed by atoms with van der Waals surface area (Å²) < 4.78 is 5.65. The first-order valence-corrected chi connectivity index (χ1v) is 9.24. The van der Waals surface area contributed by atoms with Crippen LogP contribution in [0.3, 0.4) is 0 Å². The number of amides is 2. The van der Waals surface area contributed by atoms with Gasteiger partial charge in [-0.2, -0.15) is 0 Å². The Labute approximate surface area is 148 Å². The molecular weight excluding hydrogens is 318 g/mol. The summed E-state index contributed by atoms with van der Waals surface area (Å²) in [6, 6.07) is 7.59. The minimum atomic E-state index is -0.421. The molecule has 0 saturated carbocycles. The monoisotopic (exact) mass is 343 g/mol. The van der Waals surface area contributed by atoms with Crippen LogP contribution in [-0.2, 0) is 20.7 Å². The Bertz CT molecular complexity index is 657. The Kier molecular flexibility index (Phi) is 4.72. The molecule has 0 spiro atoms. The van der Waals surface area contributed by atoms with Gasteiger partial charge in [0, 0.05) is 38.5 Å². The maximum atomic E-state index is 12.8. The zero-order valence-electron chi connectivity index (χ0n) is 14.4. The molecule has 1 aromatic rings. The maximum Gasteiger partial charge on any atom is 0.240 e. The van der Waals surface area contributed by atoms with Crippen molar-refractivity contribution in [1.82, 2.24) is 10.2 Å². The number of fused-ring (bicyclic) bond motifs is 1. The van der Waals surface area contributed by atoms with E-state index in [0.717, 1.165) is 38.1 Å². The van der Waals surface area contributed by atoms with Crippen molar-refractivity contribution in [3.8, 4) is 0 Å². The van der Waals surface area contributed by atoms with E-state index in [9.17, 15) is 9.59 Å². The molecule has 2 amide bonds. The topological polar surface area (TPSA) is 61.9 Å². The number of anilines is 1. The van der Waals surface area contributed by atoms with Gasteiger partial charge in [0.15, 0.2) is 0 Å². The van der Waals surface area contributed by atoms with E-state index in [1.165, 1.54) is 5.56 Å².